The summed E-state index contributed by atoms with van der Waals surface area (Å²) in [7, 11) is -2.43. The van der Waals surface area contributed by atoms with Crippen molar-refractivity contribution < 1.29 is 4.21 Å². The van der Waals surface area contributed by atoms with Crippen LogP contribution in [0.2, 0.25) is 0 Å². The van der Waals surface area contributed by atoms with Gasteiger partial charge in [-0.05, 0) is 6.42 Å². The molecule has 58 valence electrons. The molecule has 10 heavy (non-hydrogen) atoms. The van der Waals surface area contributed by atoms with Gasteiger partial charge in [-0.15, -0.1) is 4.36 Å². The van der Waals surface area contributed by atoms with Crippen LogP contribution in [0.5, 0.6) is 0 Å². The topological polar surface area (TPSA) is 65.2 Å². The number of hydrogen-bond donors (Lipinski definition) is 1. The molecule has 0 radical (unpaired) electrons. The molecule has 1 unspecified atom stereocenters. The SMILES string of the molecule is CCCNS(C)(=O)=NC#N. The second-order valence-electron chi connectivity index (χ2n) is 1.89. The number of hydrogen-bond acceptors (Lipinski definition) is 3. The van der Waals surface area contributed by atoms with Crippen LogP contribution >= 0.6 is 0 Å². The van der Waals surface area contributed by atoms with Crippen molar-refractivity contribution in [2.75, 3.05) is 12.8 Å². The van der Waals surface area contributed by atoms with Gasteiger partial charge in [-0.25, -0.2) is 8.93 Å². The molecular formula is C5H11N3OS. The molecule has 0 aromatic heterocycles. The summed E-state index contributed by atoms with van der Waals surface area (Å²) in [6.45, 7) is 2.58. The summed E-state index contributed by atoms with van der Waals surface area (Å²) in [5, 5.41) is 8.07. The number of nitrogens with zero attached hydrogens (tertiary/aromatic N) is 2. The standard InChI is InChI=1S/C5H11N3OS/c1-3-4-7-10(2,9)8-5-6/h3-4H2,1-2H3,(H,7,8,9). The van der Waals surface area contributed by atoms with Crippen molar-refractivity contribution in [2.45, 2.75) is 13.3 Å². The Bertz CT molecular complexity index is 234. The minimum Gasteiger partial charge on any atom is -0.233 e. The Kier molecular flexibility index (Phi) is 4.00. The van der Waals surface area contributed by atoms with E-state index in [0.717, 1.165) is 6.42 Å². The van der Waals surface area contributed by atoms with Crippen molar-refractivity contribution in [2.24, 2.45) is 4.36 Å². The lowest BCUT2D eigenvalue weighted by Gasteiger charge is -2.00. The second-order valence-corrected chi connectivity index (χ2v) is 3.96. The lowest BCUT2D eigenvalue weighted by Crippen LogP contribution is -2.22. The summed E-state index contributed by atoms with van der Waals surface area (Å²) >= 11 is 0. The molecule has 0 amide bonds. The zero-order chi connectivity index (χ0) is 8.04. The molecule has 4 nitrogen and oxygen atoms in total. The Morgan fingerprint density at radius 1 is 1.80 bits per heavy atom. The summed E-state index contributed by atoms with van der Waals surface area (Å²) in [6.07, 6.45) is 3.79. The van der Waals surface area contributed by atoms with E-state index in [0.29, 0.717) is 6.54 Å². The van der Waals surface area contributed by atoms with Gasteiger partial charge < -0.3 is 0 Å². The van der Waals surface area contributed by atoms with Gasteiger partial charge in [-0.3, -0.25) is 0 Å². The highest BCUT2D eigenvalue weighted by Gasteiger charge is 1.95. The number of nitrogens with one attached hydrogen (secondary N) is 1. The maximum atomic E-state index is 11.0. The van der Waals surface area contributed by atoms with E-state index in [-0.39, 0.29) is 0 Å². The molecule has 0 aliphatic carbocycles. The van der Waals surface area contributed by atoms with Gasteiger partial charge in [0.05, 0.1) is 0 Å². The van der Waals surface area contributed by atoms with E-state index in [1.54, 1.807) is 0 Å². The van der Waals surface area contributed by atoms with Crippen molar-refractivity contribution in [1.29, 1.82) is 5.26 Å². The fourth-order valence-electron chi connectivity index (χ4n) is 0.402. The fourth-order valence-corrected chi connectivity index (χ4v) is 1.20. The first-order chi connectivity index (χ1) is 4.62. The van der Waals surface area contributed by atoms with E-state index in [1.807, 2.05) is 6.92 Å². The fraction of sp³-hybridized carbons (Fsp3) is 0.800. The quantitative estimate of drug-likeness (QED) is 0.612. The van der Waals surface area contributed by atoms with E-state index >= 15 is 0 Å². The Morgan fingerprint density at radius 3 is 2.80 bits per heavy atom. The Hall–Kier alpha value is -0.600. The van der Waals surface area contributed by atoms with E-state index in [4.69, 9.17) is 5.26 Å². The Balaban J connectivity index is 4.05. The second kappa shape index (κ2) is 4.25. The van der Waals surface area contributed by atoms with Gasteiger partial charge in [0, 0.05) is 12.8 Å². The molecule has 0 aromatic carbocycles. The van der Waals surface area contributed by atoms with Gasteiger partial charge in [-0.1, -0.05) is 6.92 Å². The summed E-state index contributed by atoms with van der Waals surface area (Å²) in [5.74, 6) is 0. The Labute approximate surface area is 61.6 Å². The van der Waals surface area contributed by atoms with Crippen molar-refractivity contribution in [1.82, 2.24) is 4.72 Å². The van der Waals surface area contributed by atoms with E-state index in [1.165, 1.54) is 12.4 Å². The number of nitriles is 1. The highest BCUT2D eigenvalue weighted by atomic mass is 32.2. The van der Waals surface area contributed by atoms with Crippen LogP contribution in [-0.4, -0.2) is 17.0 Å². The van der Waals surface area contributed by atoms with Crippen molar-refractivity contribution in [3.8, 4) is 6.19 Å². The molecule has 1 atom stereocenters. The molecular weight excluding hydrogens is 150 g/mol. The van der Waals surface area contributed by atoms with Gasteiger partial charge in [0.1, 0.15) is 9.92 Å². The van der Waals surface area contributed by atoms with Crippen LogP contribution < -0.4 is 4.72 Å². The van der Waals surface area contributed by atoms with Gasteiger partial charge in [0.15, 0.2) is 0 Å². The largest absolute Gasteiger partial charge is 0.233 e. The lowest BCUT2D eigenvalue weighted by molar-refractivity contribution is 0.667. The summed E-state index contributed by atoms with van der Waals surface area (Å²) < 4.78 is 16.9. The van der Waals surface area contributed by atoms with E-state index < -0.39 is 9.92 Å². The van der Waals surface area contributed by atoms with Gasteiger partial charge in [0.25, 0.3) is 0 Å². The van der Waals surface area contributed by atoms with E-state index in [9.17, 15) is 4.21 Å². The monoisotopic (exact) mass is 161 g/mol. The van der Waals surface area contributed by atoms with Crippen LogP contribution in [0.4, 0.5) is 0 Å². The van der Waals surface area contributed by atoms with Gasteiger partial charge in [0.2, 0.25) is 6.19 Å². The first-order valence-corrected chi connectivity index (χ1v) is 4.89. The van der Waals surface area contributed by atoms with Crippen LogP contribution in [-0.2, 0) is 9.92 Å². The average molecular weight is 161 g/mol. The van der Waals surface area contributed by atoms with Crippen molar-refractivity contribution in [3.63, 3.8) is 0 Å². The minimum atomic E-state index is -2.43. The third-order valence-electron chi connectivity index (χ3n) is 0.835. The normalized spacial score (nSPS) is 15.3. The predicted molar refractivity (Wildman–Crippen MR) is 40.4 cm³/mol. The molecule has 0 saturated carbocycles. The van der Waals surface area contributed by atoms with Gasteiger partial charge in [-0.2, -0.15) is 5.26 Å². The molecule has 0 heterocycles. The molecule has 5 heteroatoms. The molecule has 1 N–H and O–H groups in total. The van der Waals surface area contributed by atoms with Crippen LogP contribution in [0.15, 0.2) is 4.36 Å². The highest BCUT2D eigenvalue weighted by Crippen LogP contribution is 1.83. The summed E-state index contributed by atoms with van der Waals surface area (Å²) in [5.41, 5.74) is 0. The van der Waals surface area contributed by atoms with Crippen molar-refractivity contribution in [3.05, 3.63) is 0 Å². The molecule has 0 aliphatic heterocycles. The molecule has 0 spiro atoms. The summed E-state index contributed by atoms with van der Waals surface area (Å²) in [6, 6.07) is 0. The first kappa shape index (κ1) is 9.40. The van der Waals surface area contributed by atoms with Crippen LogP contribution in [0.25, 0.3) is 0 Å². The molecule has 0 fully saturated rings. The molecule has 0 rings (SSSR count). The number of rotatable bonds is 3. The van der Waals surface area contributed by atoms with Crippen LogP contribution in [0, 0.1) is 11.5 Å². The molecule has 0 saturated heterocycles. The highest BCUT2D eigenvalue weighted by molar-refractivity contribution is 7.91. The zero-order valence-electron chi connectivity index (χ0n) is 6.13. The molecule has 0 bridgehead atoms. The average Bonchev–Trinajstić information content (AvgIpc) is 1.84. The smallest absolute Gasteiger partial charge is 0.215 e. The molecule has 0 aliphatic rings. The van der Waals surface area contributed by atoms with Crippen LogP contribution in [0.3, 0.4) is 0 Å². The van der Waals surface area contributed by atoms with E-state index in [2.05, 4.69) is 9.08 Å². The van der Waals surface area contributed by atoms with Crippen molar-refractivity contribution >= 4 is 9.92 Å². The zero-order valence-corrected chi connectivity index (χ0v) is 6.94. The third-order valence-corrected chi connectivity index (χ3v) is 2.00. The maximum absolute atomic E-state index is 11.0. The predicted octanol–water partition coefficient (Wildman–Crippen LogP) is 0.480. The maximum Gasteiger partial charge on any atom is 0.215 e. The first-order valence-electron chi connectivity index (χ1n) is 2.97. The molecule has 0 aromatic rings. The van der Waals surface area contributed by atoms with Gasteiger partial charge >= 0.3 is 0 Å². The van der Waals surface area contributed by atoms with Crippen LogP contribution in [0.1, 0.15) is 13.3 Å². The third kappa shape index (κ3) is 4.30. The summed E-state index contributed by atoms with van der Waals surface area (Å²) in [4.78, 5) is 0. The minimum absolute atomic E-state index is 0.626. The Morgan fingerprint density at radius 2 is 2.40 bits per heavy atom. The lowest BCUT2D eigenvalue weighted by atomic mass is 10.5.